The first kappa shape index (κ1) is 17.8. The zero-order chi connectivity index (χ0) is 20.8. The van der Waals surface area contributed by atoms with Gasteiger partial charge in [-0.05, 0) is 42.0 Å². The third-order valence-electron chi connectivity index (χ3n) is 5.50. The Kier molecular flexibility index (Phi) is 4.06. The van der Waals surface area contributed by atoms with Crippen molar-refractivity contribution in [3.05, 3.63) is 77.3 Å². The minimum atomic E-state index is -0.141. The van der Waals surface area contributed by atoms with Crippen LogP contribution in [0.1, 0.15) is 21.5 Å². The molecule has 3 aliphatic heterocycles. The molecule has 0 spiro atoms. The molecule has 7 nitrogen and oxygen atoms in total. The van der Waals surface area contributed by atoms with Gasteiger partial charge < -0.3 is 23.8 Å². The van der Waals surface area contributed by atoms with Gasteiger partial charge in [0, 0.05) is 24.1 Å². The molecule has 6 rings (SSSR count). The summed E-state index contributed by atoms with van der Waals surface area (Å²) < 4.78 is 23.3. The van der Waals surface area contributed by atoms with Gasteiger partial charge in [-0.25, -0.2) is 0 Å². The normalized spacial score (nSPS) is 17.6. The third kappa shape index (κ3) is 3.06. The fourth-order valence-corrected chi connectivity index (χ4v) is 3.97. The zero-order valence-corrected chi connectivity index (χ0v) is 16.5. The van der Waals surface area contributed by atoms with Crippen LogP contribution in [-0.2, 0) is 6.54 Å². The van der Waals surface area contributed by atoms with Crippen LogP contribution in [0.3, 0.4) is 0 Å². The predicted octanol–water partition coefficient (Wildman–Crippen LogP) is 3.83. The van der Waals surface area contributed by atoms with Gasteiger partial charge in [0.25, 0.3) is 0 Å². The minimum absolute atomic E-state index is 0.141. The standard InChI is InChI=1S/C24H18N2O5/c27-23-17-4-6-19-18(24(17)31-22(23)10-15-2-1-7-25-12-15)13-26(14-30-19)16-3-5-20-21(11-16)29-9-8-28-20/h1-7,10-12H,8-9,13-14H2. The second-order valence-electron chi connectivity index (χ2n) is 7.44. The number of Topliss-reactive ketones (excluding diaryl/α,β-unsaturated/α-hetero) is 1. The number of hydrogen-bond acceptors (Lipinski definition) is 7. The van der Waals surface area contributed by atoms with Crippen molar-refractivity contribution in [1.82, 2.24) is 4.98 Å². The van der Waals surface area contributed by atoms with Crippen LogP contribution in [0, 0.1) is 0 Å². The Hall–Kier alpha value is -4.00. The number of rotatable bonds is 2. The van der Waals surface area contributed by atoms with E-state index in [1.807, 2.05) is 36.4 Å². The number of anilines is 1. The molecule has 0 saturated heterocycles. The number of aromatic nitrogens is 1. The molecule has 0 aliphatic carbocycles. The number of hydrogen-bond donors (Lipinski definition) is 0. The molecule has 154 valence electrons. The topological polar surface area (TPSA) is 70.1 Å². The van der Waals surface area contributed by atoms with E-state index < -0.39 is 0 Å². The number of nitrogens with zero attached hydrogens (tertiary/aromatic N) is 2. The number of carbonyl (C=O) groups excluding carboxylic acids is 1. The number of allylic oxidation sites excluding steroid dienone is 1. The summed E-state index contributed by atoms with van der Waals surface area (Å²) >= 11 is 0. The summed E-state index contributed by atoms with van der Waals surface area (Å²) in [4.78, 5) is 19.1. The molecular formula is C24H18N2O5. The highest BCUT2D eigenvalue weighted by Gasteiger charge is 2.34. The van der Waals surface area contributed by atoms with Crippen molar-refractivity contribution in [2.45, 2.75) is 6.54 Å². The molecule has 3 aliphatic rings. The van der Waals surface area contributed by atoms with Gasteiger partial charge >= 0.3 is 0 Å². The summed E-state index contributed by atoms with van der Waals surface area (Å²) in [5.41, 5.74) is 3.15. The van der Waals surface area contributed by atoms with Crippen molar-refractivity contribution in [3.63, 3.8) is 0 Å². The number of ketones is 1. The zero-order valence-electron chi connectivity index (χ0n) is 16.5. The number of fused-ring (bicyclic) bond motifs is 4. The van der Waals surface area contributed by atoms with E-state index >= 15 is 0 Å². The molecule has 0 fully saturated rings. The lowest BCUT2D eigenvalue weighted by Crippen LogP contribution is -2.32. The van der Waals surface area contributed by atoms with E-state index in [2.05, 4.69) is 9.88 Å². The van der Waals surface area contributed by atoms with E-state index in [0.717, 1.165) is 34.1 Å². The molecule has 0 saturated carbocycles. The number of benzene rings is 2. The molecule has 1 aromatic heterocycles. The molecule has 2 aromatic carbocycles. The van der Waals surface area contributed by atoms with E-state index in [1.165, 1.54) is 0 Å². The van der Waals surface area contributed by atoms with Crippen LogP contribution in [0.25, 0.3) is 6.08 Å². The van der Waals surface area contributed by atoms with Crippen LogP contribution in [0.2, 0.25) is 0 Å². The van der Waals surface area contributed by atoms with Crippen LogP contribution in [0.5, 0.6) is 23.0 Å². The predicted molar refractivity (Wildman–Crippen MR) is 113 cm³/mol. The van der Waals surface area contributed by atoms with Crippen molar-refractivity contribution < 1.29 is 23.7 Å². The van der Waals surface area contributed by atoms with Gasteiger partial charge in [0.1, 0.15) is 24.7 Å². The Balaban J connectivity index is 1.33. The molecule has 0 amide bonds. The van der Waals surface area contributed by atoms with Crippen LogP contribution in [0.4, 0.5) is 5.69 Å². The number of ether oxygens (including phenoxy) is 4. The molecule has 4 heterocycles. The molecule has 0 N–H and O–H groups in total. The maximum atomic E-state index is 12.9. The Bertz CT molecular complexity index is 1220. The largest absolute Gasteiger partial charge is 0.486 e. The van der Waals surface area contributed by atoms with Crippen molar-refractivity contribution >= 4 is 17.5 Å². The molecule has 0 atom stereocenters. The highest BCUT2D eigenvalue weighted by molar-refractivity contribution is 6.15. The first-order valence-corrected chi connectivity index (χ1v) is 10.0. The summed E-state index contributed by atoms with van der Waals surface area (Å²) in [6, 6.07) is 13.1. The highest BCUT2D eigenvalue weighted by atomic mass is 16.6. The van der Waals surface area contributed by atoms with Crippen molar-refractivity contribution in [2.75, 3.05) is 24.8 Å². The Labute approximate surface area is 178 Å². The van der Waals surface area contributed by atoms with Gasteiger partial charge in [0.2, 0.25) is 5.78 Å². The summed E-state index contributed by atoms with van der Waals surface area (Å²) in [7, 11) is 0. The second-order valence-corrected chi connectivity index (χ2v) is 7.44. The SMILES string of the molecule is O=C1C(=Cc2cccnc2)Oc2c1ccc1c2CN(c2ccc3c(c2)OCCO3)CO1. The summed E-state index contributed by atoms with van der Waals surface area (Å²) in [6.07, 6.45) is 5.09. The molecular weight excluding hydrogens is 396 g/mol. The lowest BCUT2D eigenvalue weighted by Gasteiger charge is -2.32. The minimum Gasteiger partial charge on any atom is -0.486 e. The van der Waals surface area contributed by atoms with E-state index in [0.29, 0.717) is 37.8 Å². The van der Waals surface area contributed by atoms with E-state index in [4.69, 9.17) is 18.9 Å². The Morgan fingerprint density at radius 1 is 0.968 bits per heavy atom. The summed E-state index contributed by atoms with van der Waals surface area (Å²) in [5.74, 6) is 2.89. The fraction of sp³-hybridized carbons (Fsp3) is 0.167. The van der Waals surface area contributed by atoms with Gasteiger partial charge in [-0.15, -0.1) is 0 Å². The highest BCUT2D eigenvalue weighted by Crippen LogP contribution is 2.43. The smallest absolute Gasteiger partial charge is 0.231 e. The molecule has 0 radical (unpaired) electrons. The molecule has 3 aromatic rings. The fourth-order valence-electron chi connectivity index (χ4n) is 3.97. The lowest BCUT2D eigenvalue weighted by molar-refractivity contribution is 0.101. The maximum absolute atomic E-state index is 12.9. The van der Waals surface area contributed by atoms with E-state index in [1.54, 1.807) is 24.5 Å². The molecule has 7 heteroatoms. The average molecular weight is 414 g/mol. The third-order valence-corrected chi connectivity index (χ3v) is 5.50. The first-order valence-electron chi connectivity index (χ1n) is 10.0. The van der Waals surface area contributed by atoms with E-state index in [9.17, 15) is 4.79 Å². The van der Waals surface area contributed by atoms with Crippen molar-refractivity contribution in [1.29, 1.82) is 0 Å². The van der Waals surface area contributed by atoms with Gasteiger partial charge in [0.05, 0.1) is 17.7 Å². The Morgan fingerprint density at radius 2 is 1.84 bits per heavy atom. The lowest BCUT2D eigenvalue weighted by atomic mass is 10.0. The van der Waals surface area contributed by atoms with Crippen LogP contribution < -0.4 is 23.8 Å². The van der Waals surface area contributed by atoms with Gasteiger partial charge in [0.15, 0.2) is 24.0 Å². The van der Waals surface area contributed by atoms with Gasteiger partial charge in [-0.2, -0.15) is 0 Å². The first-order chi connectivity index (χ1) is 15.3. The van der Waals surface area contributed by atoms with Crippen molar-refractivity contribution in [3.8, 4) is 23.0 Å². The maximum Gasteiger partial charge on any atom is 0.231 e. The number of carbonyl (C=O) groups is 1. The van der Waals surface area contributed by atoms with Crippen LogP contribution in [-0.4, -0.2) is 30.7 Å². The van der Waals surface area contributed by atoms with Gasteiger partial charge in [-0.3, -0.25) is 9.78 Å². The molecule has 31 heavy (non-hydrogen) atoms. The monoisotopic (exact) mass is 414 g/mol. The quantitative estimate of drug-likeness (QED) is 0.591. The summed E-state index contributed by atoms with van der Waals surface area (Å²) in [5, 5.41) is 0. The molecule has 0 unspecified atom stereocenters. The number of pyridine rings is 1. The molecule has 0 bridgehead atoms. The van der Waals surface area contributed by atoms with Crippen molar-refractivity contribution in [2.24, 2.45) is 0 Å². The van der Waals surface area contributed by atoms with Gasteiger partial charge in [-0.1, -0.05) is 6.07 Å². The van der Waals surface area contributed by atoms with E-state index in [-0.39, 0.29) is 11.5 Å². The van der Waals surface area contributed by atoms with Crippen LogP contribution in [0.15, 0.2) is 60.6 Å². The van der Waals surface area contributed by atoms with Crippen LogP contribution >= 0.6 is 0 Å². The summed E-state index contributed by atoms with van der Waals surface area (Å²) in [6.45, 7) is 2.02. The second kappa shape index (κ2) is 7.05. The Morgan fingerprint density at radius 3 is 2.71 bits per heavy atom. The average Bonchev–Trinajstić information content (AvgIpc) is 3.14.